The van der Waals surface area contributed by atoms with Crippen molar-refractivity contribution in [3.63, 3.8) is 0 Å². The topological polar surface area (TPSA) is 24.5 Å². The van der Waals surface area contributed by atoms with Crippen LogP contribution in [0.3, 0.4) is 0 Å². The molecule has 0 fully saturated rings. The second-order valence-electron chi connectivity index (χ2n) is 5.94. The van der Waals surface area contributed by atoms with E-state index < -0.39 is 0 Å². The number of nitrogens with zero attached hydrogens (tertiary/aromatic N) is 1. The molecule has 0 heterocycles. The van der Waals surface area contributed by atoms with Gasteiger partial charge in [-0.2, -0.15) is 0 Å². The molecule has 0 aliphatic rings. The van der Waals surface area contributed by atoms with Crippen molar-refractivity contribution in [1.29, 1.82) is 0 Å². The Morgan fingerprint density at radius 2 is 1.85 bits per heavy atom. The average molecular weight is 278 g/mol. The first-order chi connectivity index (χ1) is 9.56. The van der Waals surface area contributed by atoms with E-state index >= 15 is 0 Å². The lowest BCUT2D eigenvalue weighted by molar-refractivity contribution is 0.156. The minimum absolute atomic E-state index is 0.366. The second-order valence-corrected chi connectivity index (χ2v) is 5.94. The van der Waals surface area contributed by atoms with Gasteiger partial charge in [0.05, 0.1) is 6.61 Å². The number of rotatable bonds is 9. The molecule has 1 N–H and O–H groups in total. The molecule has 0 bridgehead atoms. The monoisotopic (exact) mass is 278 g/mol. The van der Waals surface area contributed by atoms with E-state index in [4.69, 9.17) is 4.74 Å². The SMILES string of the molecule is CNC(CN(C)CCOC)c1ccc(CC(C)C)cc1. The third-order valence-electron chi connectivity index (χ3n) is 3.55. The number of likely N-dealkylation sites (N-methyl/N-ethyl adjacent to an activating group) is 2. The van der Waals surface area contributed by atoms with Crippen LogP contribution in [0.2, 0.25) is 0 Å². The Kier molecular flexibility index (Phi) is 7.82. The number of ether oxygens (including phenoxy) is 1. The van der Waals surface area contributed by atoms with Crippen molar-refractivity contribution in [3.8, 4) is 0 Å². The summed E-state index contributed by atoms with van der Waals surface area (Å²) in [5.41, 5.74) is 2.77. The number of methoxy groups -OCH3 is 1. The summed E-state index contributed by atoms with van der Waals surface area (Å²) in [7, 11) is 5.91. The summed E-state index contributed by atoms with van der Waals surface area (Å²) < 4.78 is 5.12. The Labute approximate surface area is 124 Å². The van der Waals surface area contributed by atoms with Crippen molar-refractivity contribution in [3.05, 3.63) is 35.4 Å². The van der Waals surface area contributed by atoms with E-state index in [0.717, 1.165) is 26.1 Å². The summed E-state index contributed by atoms with van der Waals surface area (Å²) in [5, 5.41) is 3.40. The minimum Gasteiger partial charge on any atom is -0.383 e. The van der Waals surface area contributed by atoms with Crippen LogP contribution >= 0.6 is 0 Å². The van der Waals surface area contributed by atoms with E-state index in [2.05, 4.69) is 55.4 Å². The van der Waals surface area contributed by atoms with Crippen LogP contribution in [0.15, 0.2) is 24.3 Å². The summed E-state index contributed by atoms with van der Waals surface area (Å²) in [4.78, 5) is 2.30. The average Bonchev–Trinajstić information content (AvgIpc) is 2.43. The maximum absolute atomic E-state index is 5.12. The Bertz CT molecular complexity index is 362. The third-order valence-corrected chi connectivity index (χ3v) is 3.55. The van der Waals surface area contributed by atoms with E-state index in [1.165, 1.54) is 11.1 Å². The van der Waals surface area contributed by atoms with Crippen molar-refractivity contribution < 1.29 is 4.74 Å². The quantitative estimate of drug-likeness (QED) is 0.751. The fourth-order valence-electron chi connectivity index (χ4n) is 2.37. The molecule has 1 aromatic rings. The molecule has 3 nitrogen and oxygen atoms in total. The van der Waals surface area contributed by atoms with Gasteiger partial charge in [-0.05, 0) is 37.6 Å². The number of hydrogen-bond acceptors (Lipinski definition) is 3. The van der Waals surface area contributed by atoms with Gasteiger partial charge < -0.3 is 15.0 Å². The molecule has 0 spiro atoms. The van der Waals surface area contributed by atoms with Crippen LogP contribution in [0.25, 0.3) is 0 Å². The first kappa shape index (κ1) is 17.2. The van der Waals surface area contributed by atoms with Gasteiger partial charge in [0.2, 0.25) is 0 Å². The summed E-state index contributed by atoms with van der Waals surface area (Å²) in [6.07, 6.45) is 1.15. The molecule has 1 aromatic carbocycles. The zero-order valence-electron chi connectivity index (χ0n) is 13.6. The molecule has 1 atom stereocenters. The fourth-order valence-corrected chi connectivity index (χ4v) is 2.37. The predicted octanol–water partition coefficient (Wildman–Crippen LogP) is 2.72. The van der Waals surface area contributed by atoms with Crippen LogP contribution in [0.1, 0.15) is 31.0 Å². The van der Waals surface area contributed by atoms with Crippen LogP contribution in [0.5, 0.6) is 0 Å². The van der Waals surface area contributed by atoms with Gasteiger partial charge in [-0.3, -0.25) is 0 Å². The molecule has 114 valence electrons. The Morgan fingerprint density at radius 3 is 2.35 bits per heavy atom. The highest BCUT2D eigenvalue weighted by Gasteiger charge is 2.12. The Balaban J connectivity index is 2.60. The van der Waals surface area contributed by atoms with Gasteiger partial charge in [0.25, 0.3) is 0 Å². The summed E-state index contributed by atoms with van der Waals surface area (Å²) in [6.45, 7) is 7.24. The molecular weight excluding hydrogens is 248 g/mol. The lowest BCUT2D eigenvalue weighted by atomic mass is 9.99. The first-order valence-electron chi connectivity index (χ1n) is 7.50. The van der Waals surface area contributed by atoms with Gasteiger partial charge in [-0.25, -0.2) is 0 Å². The molecule has 0 saturated carbocycles. The van der Waals surface area contributed by atoms with E-state index in [0.29, 0.717) is 12.0 Å². The molecular formula is C17H30N2O. The normalized spacial score (nSPS) is 13.2. The summed E-state index contributed by atoms with van der Waals surface area (Å²) >= 11 is 0. The maximum atomic E-state index is 5.12. The number of benzene rings is 1. The van der Waals surface area contributed by atoms with Crippen LogP contribution in [0, 0.1) is 5.92 Å². The third kappa shape index (κ3) is 6.04. The van der Waals surface area contributed by atoms with Crippen molar-refractivity contribution in [2.45, 2.75) is 26.3 Å². The smallest absolute Gasteiger partial charge is 0.0589 e. The highest BCUT2D eigenvalue weighted by atomic mass is 16.5. The molecule has 20 heavy (non-hydrogen) atoms. The van der Waals surface area contributed by atoms with Gasteiger partial charge in [0, 0.05) is 26.2 Å². The standard InChI is InChI=1S/C17H30N2O/c1-14(2)12-15-6-8-16(9-7-15)17(18-3)13-19(4)10-11-20-5/h6-9,14,17-18H,10-13H2,1-5H3. The molecule has 3 heteroatoms. The molecule has 1 unspecified atom stereocenters. The maximum Gasteiger partial charge on any atom is 0.0589 e. The Hall–Kier alpha value is -0.900. The molecule has 0 aliphatic heterocycles. The van der Waals surface area contributed by atoms with E-state index in [1.807, 2.05) is 7.05 Å². The van der Waals surface area contributed by atoms with Crippen molar-refractivity contribution in [2.75, 3.05) is 40.9 Å². The fraction of sp³-hybridized carbons (Fsp3) is 0.647. The zero-order valence-corrected chi connectivity index (χ0v) is 13.6. The predicted molar refractivity (Wildman–Crippen MR) is 86.2 cm³/mol. The minimum atomic E-state index is 0.366. The molecule has 0 radical (unpaired) electrons. The van der Waals surface area contributed by atoms with Crippen molar-refractivity contribution in [2.24, 2.45) is 5.92 Å². The molecule has 0 aliphatic carbocycles. The van der Waals surface area contributed by atoms with Gasteiger partial charge in [0.15, 0.2) is 0 Å². The lowest BCUT2D eigenvalue weighted by Crippen LogP contribution is -2.33. The van der Waals surface area contributed by atoms with E-state index in [-0.39, 0.29) is 0 Å². The van der Waals surface area contributed by atoms with Crippen LogP contribution in [-0.2, 0) is 11.2 Å². The van der Waals surface area contributed by atoms with Gasteiger partial charge in [-0.15, -0.1) is 0 Å². The summed E-state index contributed by atoms with van der Waals surface area (Å²) in [6, 6.07) is 9.39. The van der Waals surface area contributed by atoms with Gasteiger partial charge in [-0.1, -0.05) is 38.1 Å². The number of nitrogens with one attached hydrogen (secondary N) is 1. The first-order valence-corrected chi connectivity index (χ1v) is 7.50. The molecule has 0 saturated heterocycles. The second kappa shape index (κ2) is 9.11. The number of hydrogen-bond donors (Lipinski definition) is 1. The van der Waals surface area contributed by atoms with Crippen LogP contribution < -0.4 is 5.32 Å². The van der Waals surface area contributed by atoms with Crippen molar-refractivity contribution in [1.82, 2.24) is 10.2 Å². The van der Waals surface area contributed by atoms with Crippen LogP contribution in [-0.4, -0.2) is 45.8 Å². The zero-order chi connectivity index (χ0) is 15.0. The van der Waals surface area contributed by atoms with Gasteiger partial charge >= 0.3 is 0 Å². The summed E-state index contributed by atoms with van der Waals surface area (Å²) in [5.74, 6) is 0.709. The lowest BCUT2D eigenvalue weighted by Gasteiger charge is -2.24. The molecule has 1 rings (SSSR count). The highest BCUT2D eigenvalue weighted by molar-refractivity contribution is 5.25. The van der Waals surface area contributed by atoms with Crippen molar-refractivity contribution >= 4 is 0 Å². The van der Waals surface area contributed by atoms with Gasteiger partial charge in [0.1, 0.15) is 0 Å². The molecule has 0 aromatic heterocycles. The largest absolute Gasteiger partial charge is 0.383 e. The van der Waals surface area contributed by atoms with Crippen LogP contribution in [0.4, 0.5) is 0 Å². The highest BCUT2D eigenvalue weighted by Crippen LogP contribution is 2.16. The molecule has 0 amide bonds. The Morgan fingerprint density at radius 1 is 1.20 bits per heavy atom. The van der Waals surface area contributed by atoms with E-state index in [1.54, 1.807) is 7.11 Å². The van der Waals surface area contributed by atoms with E-state index in [9.17, 15) is 0 Å².